The first kappa shape index (κ1) is 12.9. The van der Waals surface area contributed by atoms with Gasteiger partial charge in [0.25, 0.3) is 0 Å². The number of ether oxygens (including phenoxy) is 1. The van der Waals surface area contributed by atoms with Crippen LogP contribution in [0, 0.1) is 5.41 Å². The van der Waals surface area contributed by atoms with Gasteiger partial charge in [0.2, 0.25) is 0 Å². The lowest BCUT2D eigenvalue weighted by Gasteiger charge is -2.27. The van der Waals surface area contributed by atoms with E-state index in [1.165, 1.54) is 0 Å². The largest absolute Gasteiger partial charge is 0.381 e. The van der Waals surface area contributed by atoms with E-state index in [9.17, 15) is 0 Å². The Balaban J connectivity index is 3.50. The molecule has 0 amide bonds. The van der Waals surface area contributed by atoms with Crippen LogP contribution >= 0.6 is 0 Å². The number of rotatable bonds is 7. The van der Waals surface area contributed by atoms with Crippen LogP contribution in [-0.2, 0) is 4.74 Å². The molecule has 80 valence electrons. The maximum Gasteiger partial charge on any atom is 0.0529 e. The maximum absolute atomic E-state index is 5.53. The molecule has 0 bridgehead atoms. The van der Waals surface area contributed by atoms with Crippen molar-refractivity contribution >= 4 is 0 Å². The summed E-state index contributed by atoms with van der Waals surface area (Å²) >= 11 is 0. The van der Waals surface area contributed by atoms with E-state index in [4.69, 9.17) is 10.5 Å². The summed E-state index contributed by atoms with van der Waals surface area (Å²) in [4.78, 5) is 2.19. The molecule has 0 aromatic heterocycles. The van der Waals surface area contributed by atoms with Gasteiger partial charge in [-0.1, -0.05) is 13.8 Å². The Morgan fingerprint density at radius 1 is 1.31 bits per heavy atom. The fourth-order valence-corrected chi connectivity index (χ4v) is 1.44. The van der Waals surface area contributed by atoms with Crippen LogP contribution in [0.15, 0.2) is 0 Å². The molecule has 0 atom stereocenters. The van der Waals surface area contributed by atoms with Crippen LogP contribution in [0.2, 0.25) is 0 Å². The summed E-state index contributed by atoms with van der Waals surface area (Å²) in [5.41, 5.74) is 5.61. The standard InChI is InChI=1S/C10H24N2O/c1-10(2,8-12(3)4)9-13-7-5-6-11/h5-9,11H2,1-4H3. The van der Waals surface area contributed by atoms with Crippen LogP contribution in [0.5, 0.6) is 0 Å². The SMILES string of the molecule is CN(C)CC(C)(C)COCCCN. The molecule has 13 heavy (non-hydrogen) atoms. The van der Waals surface area contributed by atoms with E-state index in [2.05, 4.69) is 32.8 Å². The third-order valence-electron chi connectivity index (χ3n) is 1.73. The van der Waals surface area contributed by atoms with Crippen LogP contribution in [0.1, 0.15) is 20.3 Å². The molecule has 0 spiro atoms. The summed E-state index contributed by atoms with van der Waals surface area (Å²) in [6, 6.07) is 0. The Hall–Kier alpha value is -0.120. The summed E-state index contributed by atoms with van der Waals surface area (Å²) in [5.74, 6) is 0. The molecule has 0 rings (SSSR count). The molecule has 0 fully saturated rings. The molecule has 0 saturated heterocycles. The van der Waals surface area contributed by atoms with E-state index < -0.39 is 0 Å². The van der Waals surface area contributed by atoms with Gasteiger partial charge in [0, 0.05) is 18.6 Å². The normalized spacial score (nSPS) is 12.5. The Morgan fingerprint density at radius 3 is 2.38 bits per heavy atom. The van der Waals surface area contributed by atoms with Crippen molar-refractivity contribution in [2.45, 2.75) is 20.3 Å². The summed E-state index contributed by atoms with van der Waals surface area (Å²) in [6.07, 6.45) is 0.956. The predicted molar refractivity (Wildman–Crippen MR) is 56.8 cm³/mol. The molecule has 0 aliphatic heterocycles. The van der Waals surface area contributed by atoms with E-state index >= 15 is 0 Å². The van der Waals surface area contributed by atoms with Gasteiger partial charge in [-0.2, -0.15) is 0 Å². The second-order valence-electron chi connectivity index (χ2n) is 4.60. The van der Waals surface area contributed by atoms with Crippen molar-refractivity contribution in [3.8, 4) is 0 Å². The van der Waals surface area contributed by atoms with E-state index in [1.807, 2.05) is 0 Å². The average molecular weight is 188 g/mol. The lowest BCUT2D eigenvalue weighted by Crippen LogP contribution is -2.32. The smallest absolute Gasteiger partial charge is 0.0529 e. The van der Waals surface area contributed by atoms with Crippen molar-refractivity contribution in [2.24, 2.45) is 11.1 Å². The van der Waals surface area contributed by atoms with Crippen molar-refractivity contribution in [3.05, 3.63) is 0 Å². The predicted octanol–water partition coefficient (Wildman–Crippen LogP) is 0.940. The van der Waals surface area contributed by atoms with Gasteiger partial charge in [-0.15, -0.1) is 0 Å². The van der Waals surface area contributed by atoms with Crippen molar-refractivity contribution in [3.63, 3.8) is 0 Å². The first-order chi connectivity index (χ1) is 5.98. The molecule has 0 aliphatic carbocycles. The summed E-state index contributed by atoms with van der Waals surface area (Å²) < 4.78 is 5.53. The minimum absolute atomic E-state index is 0.234. The molecular weight excluding hydrogens is 164 g/mol. The van der Waals surface area contributed by atoms with E-state index in [-0.39, 0.29) is 5.41 Å². The molecule has 0 aromatic carbocycles. The van der Waals surface area contributed by atoms with Gasteiger partial charge < -0.3 is 15.4 Å². The molecule has 3 heteroatoms. The third-order valence-corrected chi connectivity index (χ3v) is 1.73. The average Bonchev–Trinajstić information content (AvgIpc) is 1.95. The Labute approximate surface area is 82.2 Å². The van der Waals surface area contributed by atoms with E-state index in [1.54, 1.807) is 0 Å². The first-order valence-electron chi connectivity index (χ1n) is 4.90. The number of hydrogen-bond acceptors (Lipinski definition) is 3. The molecular formula is C10H24N2O. The van der Waals surface area contributed by atoms with Gasteiger partial charge in [0.05, 0.1) is 6.61 Å². The van der Waals surface area contributed by atoms with E-state index in [0.29, 0.717) is 6.54 Å². The van der Waals surface area contributed by atoms with Gasteiger partial charge in [-0.05, 0) is 27.1 Å². The van der Waals surface area contributed by atoms with Crippen LogP contribution in [0.3, 0.4) is 0 Å². The molecule has 0 saturated carbocycles. The topological polar surface area (TPSA) is 38.5 Å². The molecule has 0 aromatic rings. The zero-order chi connectivity index (χ0) is 10.3. The Bertz CT molecular complexity index is 124. The third kappa shape index (κ3) is 8.22. The van der Waals surface area contributed by atoms with Gasteiger partial charge in [0.1, 0.15) is 0 Å². The van der Waals surface area contributed by atoms with Crippen molar-refractivity contribution < 1.29 is 4.74 Å². The van der Waals surface area contributed by atoms with Gasteiger partial charge >= 0.3 is 0 Å². The lowest BCUT2D eigenvalue weighted by atomic mass is 9.94. The number of hydrogen-bond donors (Lipinski definition) is 1. The fraction of sp³-hybridized carbons (Fsp3) is 1.00. The van der Waals surface area contributed by atoms with Crippen LogP contribution < -0.4 is 5.73 Å². The zero-order valence-electron chi connectivity index (χ0n) is 9.47. The molecule has 0 unspecified atom stereocenters. The quantitative estimate of drug-likeness (QED) is 0.604. The Morgan fingerprint density at radius 2 is 1.92 bits per heavy atom. The molecule has 2 N–H and O–H groups in total. The minimum Gasteiger partial charge on any atom is -0.381 e. The molecule has 0 heterocycles. The van der Waals surface area contributed by atoms with Crippen LogP contribution in [0.4, 0.5) is 0 Å². The second kappa shape index (κ2) is 6.35. The maximum atomic E-state index is 5.53. The monoisotopic (exact) mass is 188 g/mol. The highest BCUT2D eigenvalue weighted by Crippen LogP contribution is 2.15. The van der Waals surface area contributed by atoms with Crippen molar-refractivity contribution in [1.82, 2.24) is 4.90 Å². The highest BCUT2D eigenvalue weighted by molar-refractivity contribution is 4.70. The molecule has 0 radical (unpaired) electrons. The van der Waals surface area contributed by atoms with Crippen LogP contribution in [0.25, 0.3) is 0 Å². The summed E-state index contributed by atoms with van der Waals surface area (Å²) in [6.45, 7) is 7.80. The van der Waals surface area contributed by atoms with E-state index in [0.717, 1.165) is 26.2 Å². The highest BCUT2D eigenvalue weighted by Gasteiger charge is 2.18. The Kier molecular flexibility index (Phi) is 6.29. The zero-order valence-corrected chi connectivity index (χ0v) is 9.47. The number of nitrogens with two attached hydrogens (primary N) is 1. The van der Waals surface area contributed by atoms with Crippen molar-refractivity contribution in [1.29, 1.82) is 0 Å². The van der Waals surface area contributed by atoms with Gasteiger partial charge in [-0.3, -0.25) is 0 Å². The lowest BCUT2D eigenvalue weighted by molar-refractivity contribution is 0.0478. The van der Waals surface area contributed by atoms with Gasteiger partial charge in [-0.25, -0.2) is 0 Å². The molecule has 3 nitrogen and oxygen atoms in total. The second-order valence-corrected chi connectivity index (χ2v) is 4.60. The van der Waals surface area contributed by atoms with Gasteiger partial charge in [0.15, 0.2) is 0 Å². The molecule has 0 aliphatic rings. The van der Waals surface area contributed by atoms with Crippen molar-refractivity contribution in [2.75, 3.05) is 40.4 Å². The highest BCUT2D eigenvalue weighted by atomic mass is 16.5. The summed E-state index contributed by atoms with van der Waals surface area (Å²) in [5, 5.41) is 0. The first-order valence-corrected chi connectivity index (χ1v) is 4.90. The minimum atomic E-state index is 0.234. The number of nitrogens with zero attached hydrogens (tertiary/aromatic N) is 1. The van der Waals surface area contributed by atoms with Crippen LogP contribution in [-0.4, -0.2) is 45.3 Å². The fourth-order valence-electron chi connectivity index (χ4n) is 1.44. The summed E-state index contributed by atoms with van der Waals surface area (Å²) in [7, 11) is 4.17.